The number of nitrogens with one attached hydrogen (secondary N) is 1. The maximum atomic E-state index is 11.8. The van der Waals surface area contributed by atoms with Gasteiger partial charge in [-0.25, -0.2) is 0 Å². The van der Waals surface area contributed by atoms with Crippen LogP contribution < -0.4 is 11.1 Å². The highest BCUT2D eigenvalue weighted by atomic mass is 32.2. The van der Waals surface area contributed by atoms with E-state index in [9.17, 15) is 4.79 Å². The van der Waals surface area contributed by atoms with Gasteiger partial charge in [0, 0.05) is 10.6 Å². The van der Waals surface area contributed by atoms with Crippen molar-refractivity contribution < 1.29 is 4.79 Å². The monoisotopic (exact) mass is 248 g/mol. The number of benzene rings is 1. The van der Waals surface area contributed by atoms with Crippen molar-refractivity contribution in [2.75, 3.05) is 11.1 Å². The normalized spacial score (nSPS) is 20.5. The van der Waals surface area contributed by atoms with Crippen molar-refractivity contribution in [2.45, 2.75) is 36.1 Å². The molecule has 0 radical (unpaired) electrons. The summed E-state index contributed by atoms with van der Waals surface area (Å²) in [6.07, 6.45) is 3.94. The minimum Gasteiger partial charge on any atom is -0.324 e. The van der Waals surface area contributed by atoms with Gasteiger partial charge in [-0.1, -0.05) is 0 Å². The van der Waals surface area contributed by atoms with Gasteiger partial charge in [0.1, 0.15) is 0 Å². The van der Waals surface area contributed by atoms with Crippen molar-refractivity contribution in [2.24, 2.45) is 5.73 Å². The van der Waals surface area contributed by atoms with Crippen LogP contribution in [0.25, 0.3) is 0 Å². The molecule has 1 fully saturated rings. The number of amides is 1. The third-order valence-electron chi connectivity index (χ3n) is 3.41. The number of nitrogens with two attached hydrogens (primary N) is 1. The van der Waals surface area contributed by atoms with E-state index >= 15 is 0 Å². The summed E-state index contributed by atoms with van der Waals surface area (Å²) in [5, 5.41) is 2.92. The lowest BCUT2D eigenvalue weighted by Crippen LogP contribution is -2.37. The third-order valence-corrected chi connectivity index (χ3v) is 4.61. The number of rotatable bonds is 2. The highest BCUT2D eigenvalue weighted by molar-refractivity contribution is 7.99. The van der Waals surface area contributed by atoms with Gasteiger partial charge in [0.15, 0.2) is 0 Å². The van der Waals surface area contributed by atoms with Gasteiger partial charge in [0.05, 0.1) is 5.54 Å². The molecule has 0 unspecified atom stereocenters. The first-order chi connectivity index (χ1) is 8.17. The Balaban J connectivity index is 1.77. The lowest BCUT2D eigenvalue weighted by atomic mass is 10.1. The average Bonchev–Trinajstić information content (AvgIpc) is 3.09. The van der Waals surface area contributed by atoms with Crippen LogP contribution in [-0.2, 0) is 11.2 Å². The molecule has 0 bridgehead atoms. The molecule has 17 heavy (non-hydrogen) atoms. The van der Waals surface area contributed by atoms with E-state index < -0.39 is 5.54 Å². The van der Waals surface area contributed by atoms with Gasteiger partial charge in [0.25, 0.3) is 0 Å². The molecule has 1 saturated carbocycles. The summed E-state index contributed by atoms with van der Waals surface area (Å²) in [7, 11) is 0. The molecule has 1 amide bonds. The first kappa shape index (κ1) is 11.1. The van der Waals surface area contributed by atoms with Gasteiger partial charge in [-0.05, 0) is 55.2 Å². The second-order valence-corrected chi connectivity index (χ2v) is 6.02. The van der Waals surface area contributed by atoms with Gasteiger partial charge >= 0.3 is 0 Å². The Kier molecular flexibility index (Phi) is 2.64. The van der Waals surface area contributed by atoms with Gasteiger partial charge in [-0.15, -0.1) is 11.8 Å². The minimum atomic E-state index is -0.593. The molecule has 0 saturated heterocycles. The van der Waals surface area contributed by atoms with Crippen LogP contribution in [-0.4, -0.2) is 17.2 Å². The zero-order valence-electron chi connectivity index (χ0n) is 9.66. The molecule has 3 rings (SSSR count). The van der Waals surface area contributed by atoms with Crippen molar-refractivity contribution in [3.8, 4) is 0 Å². The molecular weight excluding hydrogens is 232 g/mol. The van der Waals surface area contributed by atoms with Gasteiger partial charge in [-0.2, -0.15) is 0 Å². The predicted octanol–water partition coefficient (Wildman–Crippen LogP) is 2.15. The Morgan fingerprint density at radius 3 is 3.00 bits per heavy atom. The fourth-order valence-electron chi connectivity index (χ4n) is 2.06. The van der Waals surface area contributed by atoms with Crippen LogP contribution in [0.3, 0.4) is 0 Å². The van der Waals surface area contributed by atoms with E-state index in [0.717, 1.165) is 24.9 Å². The molecular formula is C13H16N2OS. The van der Waals surface area contributed by atoms with Gasteiger partial charge < -0.3 is 11.1 Å². The Labute approximate surface area is 105 Å². The van der Waals surface area contributed by atoms with Crippen LogP contribution in [0.2, 0.25) is 0 Å². The molecule has 1 heterocycles. The molecule has 1 aliphatic carbocycles. The fourth-order valence-corrected chi connectivity index (χ4v) is 3.07. The summed E-state index contributed by atoms with van der Waals surface area (Å²) >= 11 is 1.90. The Hall–Kier alpha value is -1.00. The summed E-state index contributed by atoms with van der Waals surface area (Å²) in [6.45, 7) is 0. The number of hydrogen-bond donors (Lipinski definition) is 2. The van der Waals surface area contributed by atoms with Crippen molar-refractivity contribution in [3.05, 3.63) is 23.8 Å². The standard InChI is InChI=1S/C13H16N2OS/c14-13(5-6-13)12(16)15-10-3-4-11-9(8-10)2-1-7-17-11/h3-4,8H,1-2,5-7,14H2,(H,15,16). The minimum absolute atomic E-state index is 0.0408. The molecule has 1 aliphatic heterocycles. The third kappa shape index (κ3) is 2.19. The van der Waals surface area contributed by atoms with E-state index in [2.05, 4.69) is 17.4 Å². The summed E-state index contributed by atoms with van der Waals surface area (Å²) in [4.78, 5) is 13.2. The lowest BCUT2D eigenvalue weighted by molar-refractivity contribution is -0.118. The molecule has 3 nitrogen and oxygen atoms in total. The molecule has 1 aromatic carbocycles. The first-order valence-electron chi connectivity index (χ1n) is 6.03. The molecule has 0 atom stereocenters. The highest BCUT2D eigenvalue weighted by Gasteiger charge is 2.45. The Bertz CT molecular complexity index is 468. The van der Waals surface area contributed by atoms with Crippen molar-refractivity contribution >= 4 is 23.4 Å². The lowest BCUT2D eigenvalue weighted by Gasteiger charge is -2.17. The van der Waals surface area contributed by atoms with Crippen LogP contribution in [0.4, 0.5) is 5.69 Å². The number of fused-ring (bicyclic) bond motifs is 1. The quantitative estimate of drug-likeness (QED) is 0.843. The smallest absolute Gasteiger partial charge is 0.244 e. The number of carbonyl (C=O) groups excluding carboxylic acids is 1. The van der Waals surface area contributed by atoms with E-state index in [1.165, 1.54) is 22.6 Å². The van der Waals surface area contributed by atoms with Crippen LogP contribution in [0.1, 0.15) is 24.8 Å². The number of hydrogen-bond acceptors (Lipinski definition) is 3. The topological polar surface area (TPSA) is 55.1 Å². The molecule has 0 aromatic heterocycles. The summed E-state index contributed by atoms with van der Waals surface area (Å²) < 4.78 is 0. The van der Waals surface area contributed by atoms with Crippen LogP contribution >= 0.6 is 11.8 Å². The van der Waals surface area contributed by atoms with Gasteiger partial charge in [0.2, 0.25) is 5.91 Å². The summed E-state index contributed by atoms with van der Waals surface area (Å²) in [5.74, 6) is 1.16. The Morgan fingerprint density at radius 1 is 1.41 bits per heavy atom. The van der Waals surface area contributed by atoms with Crippen LogP contribution in [0.15, 0.2) is 23.1 Å². The molecule has 2 aliphatic rings. The van der Waals surface area contributed by atoms with E-state index in [4.69, 9.17) is 5.73 Å². The zero-order valence-corrected chi connectivity index (χ0v) is 10.5. The predicted molar refractivity (Wildman–Crippen MR) is 70.3 cm³/mol. The van der Waals surface area contributed by atoms with Gasteiger partial charge in [-0.3, -0.25) is 4.79 Å². The van der Waals surface area contributed by atoms with Crippen LogP contribution in [0.5, 0.6) is 0 Å². The molecule has 4 heteroatoms. The largest absolute Gasteiger partial charge is 0.324 e. The van der Waals surface area contributed by atoms with Crippen molar-refractivity contribution in [3.63, 3.8) is 0 Å². The Morgan fingerprint density at radius 2 is 2.24 bits per heavy atom. The SMILES string of the molecule is NC1(C(=O)Nc2ccc3c(c2)CCCS3)CC1. The van der Waals surface area contributed by atoms with Crippen molar-refractivity contribution in [1.29, 1.82) is 0 Å². The number of thioether (sulfide) groups is 1. The molecule has 90 valence electrons. The fraction of sp³-hybridized carbons (Fsp3) is 0.462. The number of carbonyl (C=O) groups is 1. The second kappa shape index (κ2) is 4.03. The summed E-state index contributed by atoms with van der Waals surface area (Å²) in [5.41, 5.74) is 7.50. The molecule has 3 N–H and O–H groups in total. The zero-order chi connectivity index (χ0) is 11.9. The maximum absolute atomic E-state index is 11.8. The first-order valence-corrected chi connectivity index (χ1v) is 7.02. The highest BCUT2D eigenvalue weighted by Crippen LogP contribution is 2.35. The molecule has 0 spiro atoms. The molecule has 1 aromatic rings. The van der Waals surface area contributed by atoms with E-state index in [-0.39, 0.29) is 5.91 Å². The average molecular weight is 248 g/mol. The number of aryl methyl sites for hydroxylation is 1. The maximum Gasteiger partial charge on any atom is 0.244 e. The van der Waals surface area contributed by atoms with E-state index in [1.807, 2.05) is 17.8 Å². The number of anilines is 1. The van der Waals surface area contributed by atoms with Crippen LogP contribution in [0, 0.1) is 0 Å². The second-order valence-electron chi connectivity index (χ2n) is 4.88. The van der Waals surface area contributed by atoms with E-state index in [0.29, 0.717) is 0 Å². The van der Waals surface area contributed by atoms with E-state index in [1.54, 1.807) is 0 Å². The summed E-state index contributed by atoms with van der Waals surface area (Å²) in [6, 6.07) is 6.16. The van der Waals surface area contributed by atoms with Crippen molar-refractivity contribution in [1.82, 2.24) is 0 Å².